The van der Waals surface area contributed by atoms with E-state index in [1.807, 2.05) is 42.5 Å². The van der Waals surface area contributed by atoms with E-state index in [1.54, 1.807) is 12.1 Å². The summed E-state index contributed by atoms with van der Waals surface area (Å²) < 4.78 is 5.00. The highest BCUT2D eigenvalue weighted by molar-refractivity contribution is 6.45. The van der Waals surface area contributed by atoms with Crippen LogP contribution in [0.4, 0.5) is 0 Å². The molecule has 0 aliphatic heterocycles. The molecule has 3 N–H and O–H groups in total. The van der Waals surface area contributed by atoms with Crippen LogP contribution in [0, 0.1) is 0 Å². The van der Waals surface area contributed by atoms with E-state index < -0.39 is 13.1 Å². The first-order chi connectivity index (χ1) is 10.7. The van der Waals surface area contributed by atoms with Crippen molar-refractivity contribution in [2.75, 3.05) is 6.54 Å². The second kappa shape index (κ2) is 8.36. The second-order valence-corrected chi connectivity index (χ2v) is 5.09. The number of benzene rings is 2. The third-order valence-corrected chi connectivity index (χ3v) is 3.38. The molecule has 2 aromatic rings. The van der Waals surface area contributed by atoms with Gasteiger partial charge < -0.3 is 15.4 Å². The highest BCUT2D eigenvalue weighted by atomic mass is 16.6. The summed E-state index contributed by atoms with van der Waals surface area (Å²) in [6.45, 7) is 0.571. The molecule has 0 aliphatic carbocycles. The van der Waals surface area contributed by atoms with Gasteiger partial charge in [-0.25, -0.2) is 4.79 Å². The smallest absolute Gasteiger partial charge is 0.506 e. The van der Waals surface area contributed by atoms with Gasteiger partial charge in [-0.1, -0.05) is 48.9 Å². The van der Waals surface area contributed by atoms with Crippen LogP contribution in [0.5, 0.6) is 0 Å². The Labute approximate surface area is 131 Å². The van der Waals surface area contributed by atoms with Crippen LogP contribution in [0.2, 0.25) is 6.32 Å². The minimum atomic E-state index is -1.08. The third kappa shape index (κ3) is 4.72. The SMILES string of the molecule is NCCCCB(O)OC(=O)c1ccc(-c2ccccc2)cc1. The fourth-order valence-electron chi connectivity index (χ4n) is 2.14. The molecule has 0 saturated carbocycles. The molecule has 0 unspecified atom stereocenters. The third-order valence-electron chi connectivity index (χ3n) is 3.38. The quantitative estimate of drug-likeness (QED) is 0.609. The van der Waals surface area contributed by atoms with E-state index in [2.05, 4.69) is 0 Å². The molecule has 0 saturated heterocycles. The molecule has 0 spiro atoms. The number of unbranched alkanes of at least 4 members (excludes halogenated alkanes) is 1. The topological polar surface area (TPSA) is 72.6 Å². The van der Waals surface area contributed by atoms with Crippen molar-refractivity contribution in [3.05, 3.63) is 60.2 Å². The van der Waals surface area contributed by atoms with Gasteiger partial charge >= 0.3 is 13.1 Å². The van der Waals surface area contributed by atoms with Gasteiger partial charge in [-0.15, -0.1) is 0 Å². The Balaban J connectivity index is 1.94. The number of hydrogen-bond acceptors (Lipinski definition) is 4. The highest BCUT2D eigenvalue weighted by Gasteiger charge is 2.19. The Kier molecular flexibility index (Phi) is 6.19. The molecule has 0 fully saturated rings. The van der Waals surface area contributed by atoms with Crippen LogP contribution in [0.3, 0.4) is 0 Å². The van der Waals surface area contributed by atoms with Crippen LogP contribution in [0.15, 0.2) is 54.6 Å². The van der Waals surface area contributed by atoms with Crippen molar-refractivity contribution in [3.63, 3.8) is 0 Å². The Bertz CT molecular complexity index is 587. The largest absolute Gasteiger partial charge is 0.524 e. The maximum atomic E-state index is 11.9. The molecule has 0 amide bonds. The van der Waals surface area contributed by atoms with E-state index in [4.69, 9.17) is 10.4 Å². The van der Waals surface area contributed by atoms with Crippen molar-refractivity contribution in [1.29, 1.82) is 0 Å². The number of carbonyl (C=O) groups excluding carboxylic acids is 1. The minimum Gasteiger partial charge on any atom is -0.506 e. The van der Waals surface area contributed by atoms with Crippen molar-refractivity contribution < 1.29 is 14.5 Å². The maximum Gasteiger partial charge on any atom is 0.524 e. The first-order valence-corrected chi connectivity index (χ1v) is 7.45. The van der Waals surface area contributed by atoms with Gasteiger partial charge in [-0.2, -0.15) is 0 Å². The van der Waals surface area contributed by atoms with Gasteiger partial charge in [-0.3, -0.25) is 0 Å². The average Bonchev–Trinajstić information content (AvgIpc) is 2.56. The monoisotopic (exact) mass is 297 g/mol. The van der Waals surface area contributed by atoms with Gasteiger partial charge in [0.25, 0.3) is 0 Å². The molecule has 0 radical (unpaired) electrons. The minimum absolute atomic E-state index is 0.408. The highest BCUT2D eigenvalue weighted by Crippen LogP contribution is 2.19. The lowest BCUT2D eigenvalue weighted by atomic mass is 9.83. The van der Waals surface area contributed by atoms with Crippen molar-refractivity contribution in [3.8, 4) is 11.1 Å². The Hall–Kier alpha value is -2.11. The fourth-order valence-corrected chi connectivity index (χ4v) is 2.14. The van der Waals surface area contributed by atoms with Crippen molar-refractivity contribution in [1.82, 2.24) is 0 Å². The first kappa shape index (κ1) is 16.3. The van der Waals surface area contributed by atoms with Gasteiger partial charge in [0, 0.05) is 0 Å². The molecule has 0 heterocycles. The molecule has 0 bridgehead atoms. The van der Waals surface area contributed by atoms with Crippen LogP contribution in [-0.2, 0) is 4.65 Å². The van der Waals surface area contributed by atoms with Crippen LogP contribution < -0.4 is 5.73 Å². The van der Waals surface area contributed by atoms with E-state index >= 15 is 0 Å². The molecular formula is C17H20BNO3. The predicted molar refractivity (Wildman–Crippen MR) is 88.4 cm³/mol. The molecule has 5 heteroatoms. The standard InChI is InChI=1S/C17H20BNO3/c19-13-5-4-12-18(21)22-17(20)16-10-8-15(9-11-16)14-6-2-1-3-7-14/h1-3,6-11,21H,4-5,12-13,19H2. The van der Waals surface area contributed by atoms with Crippen molar-refractivity contribution >= 4 is 13.1 Å². The molecule has 0 atom stereocenters. The molecule has 2 rings (SSSR count). The Morgan fingerprint density at radius 3 is 2.27 bits per heavy atom. The lowest BCUT2D eigenvalue weighted by Crippen LogP contribution is -2.22. The van der Waals surface area contributed by atoms with Gasteiger partial charge in [0.15, 0.2) is 0 Å². The van der Waals surface area contributed by atoms with Crippen LogP contribution in [0.1, 0.15) is 23.2 Å². The fraction of sp³-hybridized carbons (Fsp3) is 0.235. The summed E-state index contributed by atoms with van der Waals surface area (Å²) in [5, 5.41) is 9.66. The first-order valence-electron chi connectivity index (χ1n) is 7.45. The average molecular weight is 297 g/mol. The number of hydrogen-bond donors (Lipinski definition) is 2. The molecule has 2 aromatic carbocycles. The number of rotatable bonds is 7. The summed E-state index contributed by atoms with van der Waals surface area (Å²) in [6.07, 6.45) is 1.95. The summed E-state index contributed by atoms with van der Waals surface area (Å²) >= 11 is 0. The number of carbonyl (C=O) groups is 1. The Morgan fingerprint density at radius 1 is 1.00 bits per heavy atom. The molecule has 114 valence electrons. The lowest BCUT2D eigenvalue weighted by molar-refractivity contribution is 0.0701. The van der Waals surface area contributed by atoms with E-state index in [1.165, 1.54) is 0 Å². The van der Waals surface area contributed by atoms with Crippen LogP contribution >= 0.6 is 0 Å². The summed E-state index contributed by atoms with van der Waals surface area (Å²) in [6, 6.07) is 17.1. The summed E-state index contributed by atoms with van der Waals surface area (Å²) in [5.74, 6) is -0.514. The lowest BCUT2D eigenvalue weighted by Gasteiger charge is -2.09. The van der Waals surface area contributed by atoms with E-state index in [-0.39, 0.29) is 0 Å². The molecule has 0 aromatic heterocycles. The maximum absolute atomic E-state index is 11.9. The van der Waals surface area contributed by atoms with Crippen molar-refractivity contribution in [2.24, 2.45) is 5.73 Å². The summed E-state index contributed by atoms with van der Waals surface area (Å²) in [5.41, 5.74) is 7.92. The van der Waals surface area contributed by atoms with E-state index in [0.717, 1.165) is 24.0 Å². The van der Waals surface area contributed by atoms with Gasteiger partial charge in [-0.05, 0) is 42.5 Å². The molecule has 22 heavy (non-hydrogen) atoms. The van der Waals surface area contributed by atoms with Crippen LogP contribution in [0.25, 0.3) is 11.1 Å². The van der Waals surface area contributed by atoms with Crippen molar-refractivity contribution in [2.45, 2.75) is 19.2 Å². The predicted octanol–water partition coefficient (Wildman–Crippen LogP) is 2.73. The zero-order valence-corrected chi connectivity index (χ0v) is 12.4. The van der Waals surface area contributed by atoms with Crippen LogP contribution in [-0.4, -0.2) is 24.7 Å². The molecular weight excluding hydrogens is 277 g/mol. The normalized spacial score (nSPS) is 10.3. The second-order valence-electron chi connectivity index (χ2n) is 5.09. The van der Waals surface area contributed by atoms with E-state index in [0.29, 0.717) is 18.4 Å². The molecule has 0 aliphatic rings. The van der Waals surface area contributed by atoms with Gasteiger partial charge in [0.05, 0.1) is 5.56 Å². The van der Waals surface area contributed by atoms with E-state index in [9.17, 15) is 9.82 Å². The summed E-state index contributed by atoms with van der Waals surface area (Å²) in [7, 11) is -1.08. The zero-order chi connectivity index (χ0) is 15.8. The molecule has 4 nitrogen and oxygen atoms in total. The number of nitrogens with two attached hydrogens (primary N) is 1. The van der Waals surface area contributed by atoms with Gasteiger partial charge in [0.2, 0.25) is 0 Å². The Morgan fingerprint density at radius 2 is 1.64 bits per heavy atom. The zero-order valence-electron chi connectivity index (χ0n) is 12.4. The van der Waals surface area contributed by atoms with Gasteiger partial charge in [0.1, 0.15) is 0 Å². The summed E-state index contributed by atoms with van der Waals surface area (Å²) in [4.78, 5) is 11.9.